The number of nitrogens with two attached hydrogens (primary N) is 1. The normalized spacial score (nSPS) is 13.8. The molecule has 1 aromatic heterocycles. The molecule has 6 nitrogen and oxygen atoms in total. The van der Waals surface area contributed by atoms with Gasteiger partial charge < -0.3 is 10.9 Å². The molecule has 0 radical (unpaired) electrons. The van der Waals surface area contributed by atoms with Gasteiger partial charge in [-0.25, -0.2) is 4.68 Å². The summed E-state index contributed by atoms with van der Waals surface area (Å²) in [7, 11) is 0. The van der Waals surface area contributed by atoms with Crippen LogP contribution in [0.5, 0.6) is 0 Å². The minimum absolute atomic E-state index is 0.226. The van der Waals surface area contributed by atoms with Crippen molar-refractivity contribution in [3.05, 3.63) is 5.82 Å². The Bertz CT molecular complexity index is 405. The van der Waals surface area contributed by atoms with Crippen molar-refractivity contribution in [1.82, 2.24) is 14.9 Å². The van der Waals surface area contributed by atoms with Gasteiger partial charge in [0, 0.05) is 0 Å². The molecule has 1 heterocycles. The number of carbonyl (C=O) groups is 1. The third-order valence-corrected chi connectivity index (χ3v) is 2.59. The molecule has 16 heavy (non-hydrogen) atoms. The Morgan fingerprint density at radius 3 is 2.50 bits per heavy atom. The van der Waals surface area contributed by atoms with Crippen molar-refractivity contribution < 1.29 is 23.1 Å². The van der Waals surface area contributed by atoms with Crippen LogP contribution in [-0.2, 0) is 11.0 Å². The molecule has 1 aromatic rings. The summed E-state index contributed by atoms with van der Waals surface area (Å²) in [5.74, 6) is 2.55. The topological polar surface area (TPSA) is 94.0 Å². The summed E-state index contributed by atoms with van der Waals surface area (Å²) in [5, 5.41) is 13.3. The van der Waals surface area contributed by atoms with E-state index in [1.807, 2.05) is 0 Å². The second kappa shape index (κ2) is 4.20. The molecule has 0 aliphatic carbocycles. The van der Waals surface area contributed by atoms with Crippen molar-refractivity contribution in [2.24, 2.45) is 0 Å². The number of carboxylic acid groups (broad SMARTS) is 1. The predicted molar refractivity (Wildman–Crippen MR) is 48.1 cm³/mol. The minimum atomic E-state index is -4.72. The van der Waals surface area contributed by atoms with Gasteiger partial charge in [-0.3, -0.25) is 4.79 Å². The summed E-state index contributed by atoms with van der Waals surface area (Å²) >= 11 is 0.580. The van der Waals surface area contributed by atoms with Gasteiger partial charge in [-0.15, -0.1) is 10.2 Å². The third-order valence-electron chi connectivity index (χ3n) is 1.55. The molecule has 10 heteroatoms. The van der Waals surface area contributed by atoms with Crippen molar-refractivity contribution in [2.75, 3.05) is 5.84 Å². The second-order valence-electron chi connectivity index (χ2n) is 2.77. The van der Waals surface area contributed by atoms with Crippen LogP contribution >= 0.6 is 11.8 Å². The van der Waals surface area contributed by atoms with Gasteiger partial charge >= 0.3 is 12.1 Å². The highest BCUT2D eigenvalue weighted by atomic mass is 32.2. The monoisotopic (exact) mass is 256 g/mol. The van der Waals surface area contributed by atoms with Crippen LogP contribution in [0.15, 0.2) is 5.16 Å². The number of thioether (sulfide) groups is 1. The van der Waals surface area contributed by atoms with Gasteiger partial charge in [-0.05, 0) is 6.92 Å². The molecule has 0 aromatic carbocycles. The number of carboxylic acids is 1. The summed E-state index contributed by atoms with van der Waals surface area (Å²) in [5.41, 5.74) is 0. The van der Waals surface area contributed by atoms with Crippen LogP contribution in [0.25, 0.3) is 0 Å². The fraction of sp³-hybridized carbons (Fsp3) is 0.500. The molecule has 0 spiro atoms. The highest BCUT2D eigenvalue weighted by Crippen LogP contribution is 2.29. The fourth-order valence-corrected chi connectivity index (χ4v) is 1.46. The van der Waals surface area contributed by atoms with E-state index in [2.05, 4.69) is 10.2 Å². The van der Waals surface area contributed by atoms with E-state index in [0.717, 1.165) is 0 Å². The van der Waals surface area contributed by atoms with Crippen molar-refractivity contribution in [1.29, 1.82) is 0 Å². The molecule has 0 aliphatic heterocycles. The Kier molecular flexibility index (Phi) is 3.31. The van der Waals surface area contributed by atoms with E-state index in [-0.39, 0.29) is 9.83 Å². The molecular formula is C6H7F3N4O2S. The lowest BCUT2D eigenvalue weighted by molar-refractivity contribution is -0.146. The van der Waals surface area contributed by atoms with Crippen LogP contribution in [0.2, 0.25) is 0 Å². The summed E-state index contributed by atoms with van der Waals surface area (Å²) in [6, 6.07) is 0. The number of halogens is 3. The van der Waals surface area contributed by atoms with E-state index in [9.17, 15) is 18.0 Å². The lowest BCUT2D eigenvalue weighted by atomic mass is 10.5. The Hall–Kier alpha value is -1.45. The van der Waals surface area contributed by atoms with Crippen molar-refractivity contribution >= 4 is 17.7 Å². The van der Waals surface area contributed by atoms with Crippen LogP contribution in [-0.4, -0.2) is 31.2 Å². The van der Waals surface area contributed by atoms with Crippen LogP contribution in [0.4, 0.5) is 13.2 Å². The largest absolute Gasteiger partial charge is 0.480 e. The van der Waals surface area contributed by atoms with E-state index in [1.54, 1.807) is 0 Å². The Balaban J connectivity index is 2.93. The quantitative estimate of drug-likeness (QED) is 0.606. The Morgan fingerprint density at radius 1 is 1.56 bits per heavy atom. The maximum atomic E-state index is 12.2. The predicted octanol–water partition coefficient (Wildman–Crippen LogP) is 0.576. The molecule has 0 amide bonds. The zero-order chi connectivity index (χ0) is 12.5. The van der Waals surface area contributed by atoms with Gasteiger partial charge in [0.25, 0.3) is 5.82 Å². The highest BCUT2D eigenvalue weighted by Gasteiger charge is 2.38. The number of nitrogen functional groups attached to an aromatic ring is 1. The van der Waals surface area contributed by atoms with Crippen LogP contribution in [0.3, 0.4) is 0 Å². The zero-order valence-electron chi connectivity index (χ0n) is 7.89. The first-order valence-electron chi connectivity index (χ1n) is 3.90. The first kappa shape index (κ1) is 12.6. The van der Waals surface area contributed by atoms with Crippen molar-refractivity contribution in [3.8, 4) is 0 Å². The summed E-state index contributed by atoms with van der Waals surface area (Å²) in [4.78, 5) is 10.5. The lowest BCUT2D eigenvalue weighted by Gasteiger charge is -2.07. The molecule has 0 aliphatic rings. The highest BCUT2D eigenvalue weighted by molar-refractivity contribution is 8.00. The van der Waals surface area contributed by atoms with Crippen LogP contribution < -0.4 is 5.84 Å². The Labute approximate surface area is 91.6 Å². The molecule has 1 atom stereocenters. The Morgan fingerprint density at radius 2 is 2.12 bits per heavy atom. The lowest BCUT2D eigenvalue weighted by Crippen LogP contribution is -2.22. The summed E-state index contributed by atoms with van der Waals surface area (Å²) < 4.78 is 36.9. The smallest absolute Gasteiger partial charge is 0.453 e. The molecule has 1 rings (SSSR count). The maximum Gasteiger partial charge on any atom is 0.453 e. The average Bonchev–Trinajstić information content (AvgIpc) is 2.46. The van der Waals surface area contributed by atoms with Gasteiger partial charge in [0.1, 0.15) is 5.25 Å². The van der Waals surface area contributed by atoms with Gasteiger partial charge in [0.05, 0.1) is 0 Å². The number of hydrogen-bond acceptors (Lipinski definition) is 5. The van der Waals surface area contributed by atoms with Crippen molar-refractivity contribution in [2.45, 2.75) is 23.5 Å². The average molecular weight is 256 g/mol. The number of rotatable bonds is 3. The van der Waals surface area contributed by atoms with E-state index in [1.165, 1.54) is 6.92 Å². The molecule has 0 fully saturated rings. The van der Waals surface area contributed by atoms with Crippen LogP contribution in [0, 0.1) is 0 Å². The van der Waals surface area contributed by atoms with Gasteiger partial charge in [-0.2, -0.15) is 13.2 Å². The summed E-state index contributed by atoms with van der Waals surface area (Å²) in [6.45, 7) is 1.30. The third kappa shape index (κ3) is 2.56. The van der Waals surface area contributed by atoms with Gasteiger partial charge in [-0.1, -0.05) is 11.8 Å². The number of hydrogen-bond donors (Lipinski definition) is 2. The summed E-state index contributed by atoms with van der Waals surface area (Å²) in [6.07, 6.45) is -4.72. The van der Waals surface area contributed by atoms with Crippen LogP contribution in [0.1, 0.15) is 12.7 Å². The molecule has 0 unspecified atom stereocenters. The van der Waals surface area contributed by atoms with Crippen molar-refractivity contribution in [3.63, 3.8) is 0 Å². The first-order chi connectivity index (χ1) is 7.23. The second-order valence-corrected chi connectivity index (χ2v) is 4.08. The van der Waals surface area contributed by atoms with E-state index < -0.39 is 23.2 Å². The first-order valence-corrected chi connectivity index (χ1v) is 4.78. The number of nitrogens with zero attached hydrogens (tertiary/aromatic N) is 3. The van der Waals surface area contributed by atoms with E-state index >= 15 is 0 Å². The standard InChI is InChI=1S/C6H7F3N4O2S/c1-2(3(14)15)16-5-12-11-4(13(5)10)6(7,8)9/h2H,10H2,1H3,(H,14,15)/t2-/m0/s1. The maximum absolute atomic E-state index is 12.2. The van der Waals surface area contributed by atoms with Gasteiger partial charge in [0.15, 0.2) is 0 Å². The number of alkyl halides is 3. The number of aliphatic carboxylic acids is 1. The molecule has 0 bridgehead atoms. The van der Waals surface area contributed by atoms with E-state index in [4.69, 9.17) is 10.9 Å². The van der Waals surface area contributed by atoms with E-state index in [0.29, 0.717) is 11.8 Å². The molecule has 0 saturated heterocycles. The molecule has 90 valence electrons. The molecule has 3 N–H and O–H groups in total. The minimum Gasteiger partial charge on any atom is -0.480 e. The fourth-order valence-electron chi connectivity index (χ4n) is 0.759. The van der Waals surface area contributed by atoms with Gasteiger partial charge in [0.2, 0.25) is 5.16 Å². The SMILES string of the molecule is C[C@H](Sc1nnc(C(F)(F)F)n1N)C(=O)O. The molecular weight excluding hydrogens is 249 g/mol. The zero-order valence-corrected chi connectivity index (χ0v) is 8.71. The molecule has 0 saturated carbocycles. The number of aromatic nitrogens is 3.